The van der Waals surface area contributed by atoms with Crippen molar-refractivity contribution < 1.29 is 9.90 Å². The molecule has 6 heteroatoms. The number of H-pyrrole nitrogens is 1. The van der Waals surface area contributed by atoms with Gasteiger partial charge in [-0.3, -0.25) is 4.57 Å². The smallest absolute Gasteiger partial charge is 0.337 e. The molecule has 0 aliphatic heterocycles. The van der Waals surface area contributed by atoms with Gasteiger partial charge < -0.3 is 10.1 Å². The summed E-state index contributed by atoms with van der Waals surface area (Å²) in [7, 11) is 0. The van der Waals surface area contributed by atoms with Crippen LogP contribution in [-0.4, -0.2) is 20.6 Å². The Kier molecular flexibility index (Phi) is 3.07. The van der Waals surface area contributed by atoms with Crippen LogP contribution in [0.4, 0.5) is 0 Å². The molecule has 0 fully saturated rings. The van der Waals surface area contributed by atoms with E-state index in [1.54, 1.807) is 30.3 Å². The number of aromatic amines is 1. The van der Waals surface area contributed by atoms with Gasteiger partial charge in [-0.25, -0.2) is 9.59 Å². The van der Waals surface area contributed by atoms with Gasteiger partial charge in [-0.2, -0.15) is 0 Å². The zero-order valence-electron chi connectivity index (χ0n) is 11.1. The molecule has 0 saturated heterocycles. The summed E-state index contributed by atoms with van der Waals surface area (Å²) in [6, 6.07) is 10.0. The summed E-state index contributed by atoms with van der Waals surface area (Å²) in [5.41, 5.74) is 1.84. The van der Waals surface area contributed by atoms with E-state index in [0.717, 1.165) is 5.56 Å². The first kappa shape index (κ1) is 13.5. The van der Waals surface area contributed by atoms with Crippen LogP contribution < -0.4 is 5.69 Å². The number of imidazole rings is 1. The van der Waals surface area contributed by atoms with E-state index in [0.29, 0.717) is 21.7 Å². The minimum Gasteiger partial charge on any atom is -0.478 e. The number of halogens is 1. The van der Waals surface area contributed by atoms with Crippen LogP contribution in [0, 0.1) is 6.92 Å². The van der Waals surface area contributed by atoms with Crippen LogP contribution in [0.2, 0.25) is 5.02 Å². The Morgan fingerprint density at radius 3 is 2.67 bits per heavy atom. The molecule has 0 atom stereocenters. The Hall–Kier alpha value is -2.53. The monoisotopic (exact) mass is 302 g/mol. The van der Waals surface area contributed by atoms with Gasteiger partial charge in [-0.15, -0.1) is 0 Å². The van der Waals surface area contributed by atoms with Crippen molar-refractivity contribution in [3.63, 3.8) is 0 Å². The third-order valence-corrected chi connectivity index (χ3v) is 3.84. The summed E-state index contributed by atoms with van der Waals surface area (Å²) in [4.78, 5) is 26.1. The van der Waals surface area contributed by atoms with Gasteiger partial charge in [0.05, 0.1) is 22.3 Å². The predicted molar refractivity (Wildman–Crippen MR) is 80.6 cm³/mol. The normalized spacial score (nSPS) is 11.0. The molecule has 5 nitrogen and oxygen atoms in total. The molecule has 2 N–H and O–H groups in total. The summed E-state index contributed by atoms with van der Waals surface area (Å²) < 4.78 is 1.43. The maximum atomic E-state index is 12.2. The molecular weight excluding hydrogens is 292 g/mol. The molecule has 0 aliphatic carbocycles. The van der Waals surface area contributed by atoms with Gasteiger partial charge >= 0.3 is 11.7 Å². The van der Waals surface area contributed by atoms with E-state index in [4.69, 9.17) is 11.6 Å². The fraction of sp³-hybridized carbons (Fsp3) is 0.0667. The molecule has 2 aromatic carbocycles. The first-order valence-corrected chi connectivity index (χ1v) is 6.61. The fourth-order valence-corrected chi connectivity index (χ4v) is 2.56. The number of carbonyl (C=O) groups is 1. The SMILES string of the molecule is Cc1c(Cl)cccc1-n1c(=O)[nH]c2c(C(=O)O)cccc21. The lowest BCUT2D eigenvalue weighted by Gasteiger charge is -2.08. The number of hydrogen-bond donors (Lipinski definition) is 2. The van der Waals surface area contributed by atoms with Crippen LogP contribution in [-0.2, 0) is 0 Å². The Labute approximate surface area is 124 Å². The number of aromatic carboxylic acids is 1. The van der Waals surface area contributed by atoms with Crippen molar-refractivity contribution in [1.29, 1.82) is 0 Å². The van der Waals surface area contributed by atoms with Gasteiger partial charge in [0.25, 0.3) is 0 Å². The average Bonchev–Trinajstić information content (AvgIpc) is 2.77. The molecule has 106 valence electrons. The molecule has 0 bridgehead atoms. The number of hydrogen-bond acceptors (Lipinski definition) is 2. The van der Waals surface area contributed by atoms with Crippen LogP contribution in [0.25, 0.3) is 16.7 Å². The number of fused-ring (bicyclic) bond motifs is 1. The molecule has 3 rings (SSSR count). The molecule has 0 aliphatic rings. The highest BCUT2D eigenvalue weighted by Gasteiger charge is 2.16. The number of para-hydroxylation sites is 1. The maximum absolute atomic E-state index is 12.2. The molecule has 0 spiro atoms. The quantitative estimate of drug-likeness (QED) is 0.764. The molecule has 1 heterocycles. The zero-order valence-corrected chi connectivity index (χ0v) is 11.8. The third-order valence-electron chi connectivity index (χ3n) is 3.43. The van der Waals surface area contributed by atoms with Crippen molar-refractivity contribution in [2.24, 2.45) is 0 Å². The van der Waals surface area contributed by atoms with Crippen LogP contribution in [0.3, 0.4) is 0 Å². The van der Waals surface area contributed by atoms with Gasteiger partial charge in [-0.05, 0) is 36.8 Å². The zero-order chi connectivity index (χ0) is 15.1. The molecule has 1 aromatic heterocycles. The summed E-state index contributed by atoms with van der Waals surface area (Å²) in [6.07, 6.45) is 0. The minimum absolute atomic E-state index is 0.0584. The Balaban J connectivity index is 2.42. The lowest BCUT2D eigenvalue weighted by atomic mass is 10.1. The molecule has 0 radical (unpaired) electrons. The highest BCUT2D eigenvalue weighted by molar-refractivity contribution is 6.31. The van der Waals surface area contributed by atoms with E-state index < -0.39 is 11.7 Å². The van der Waals surface area contributed by atoms with Gasteiger partial charge in [0, 0.05) is 5.02 Å². The number of carboxylic acid groups (broad SMARTS) is 1. The Morgan fingerprint density at radius 2 is 1.95 bits per heavy atom. The van der Waals surface area contributed by atoms with E-state index in [1.165, 1.54) is 10.6 Å². The van der Waals surface area contributed by atoms with E-state index in [-0.39, 0.29) is 5.56 Å². The molecule has 0 unspecified atom stereocenters. The van der Waals surface area contributed by atoms with Crippen LogP contribution >= 0.6 is 11.6 Å². The first-order chi connectivity index (χ1) is 10.0. The van der Waals surface area contributed by atoms with Gasteiger partial charge in [-0.1, -0.05) is 23.7 Å². The largest absolute Gasteiger partial charge is 0.478 e. The third kappa shape index (κ3) is 2.02. The van der Waals surface area contributed by atoms with Crippen molar-refractivity contribution >= 4 is 28.6 Å². The topological polar surface area (TPSA) is 75.1 Å². The molecule has 0 amide bonds. The molecular formula is C15H11ClN2O3. The highest BCUT2D eigenvalue weighted by atomic mass is 35.5. The summed E-state index contributed by atoms with van der Waals surface area (Å²) in [5, 5.41) is 9.74. The lowest BCUT2D eigenvalue weighted by Crippen LogP contribution is -2.15. The van der Waals surface area contributed by atoms with Crippen LogP contribution in [0.1, 0.15) is 15.9 Å². The first-order valence-electron chi connectivity index (χ1n) is 6.23. The number of benzene rings is 2. The standard InChI is InChI=1S/C15H11ClN2O3/c1-8-10(16)5-3-6-11(8)18-12-7-2-4-9(14(19)20)13(12)17-15(18)21/h2-7H,1H3,(H,17,21)(H,19,20). The maximum Gasteiger partial charge on any atom is 0.337 e. The van der Waals surface area contributed by atoms with E-state index in [9.17, 15) is 14.7 Å². The number of nitrogens with zero attached hydrogens (tertiary/aromatic N) is 1. The minimum atomic E-state index is -1.09. The summed E-state index contributed by atoms with van der Waals surface area (Å²) in [6.45, 7) is 1.81. The van der Waals surface area contributed by atoms with E-state index in [2.05, 4.69) is 4.98 Å². The van der Waals surface area contributed by atoms with Gasteiger partial charge in [0.1, 0.15) is 0 Å². The lowest BCUT2D eigenvalue weighted by molar-refractivity contribution is 0.0699. The highest BCUT2D eigenvalue weighted by Crippen LogP contribution is 2.25. The van der Waals surface area contributed by atoms with Crippen molar-refractivity contribution in [3.05, 3.63) is 63.0 Å². The van der Waals surface area contributed by atoms with Crippen LogP contribution in [0.5, 0.6) is 0 Å². The summed E-state index contributed by atoms with van der Waals surface area (Å²) in [5.74, 6) is -1.09. The molecule has 0 saturated carbocycles. The second-order valence-corrected chi connectivity index (χ2v) is 5.06. The number of rotatable bonds is 2. The van der Waals surface area contributed by atoms with Gasteiger partial charge in [0.2, 0.25) is 0 Å². The van der Waals surface area contributed by atoms with Crippen LogP contribution in [0.15, 0.2) is 41.2 Å². The number of carboxylic acids is 1. The summed E-state index contributed by atoms with van der Waals surface area (Å²) >= 11 is 6.10. The Morgan fingerprint density at radius 1 is 1.24 bits per heavy atom. The van der Waals surface area contributed by atoms with E-state index >= 15 is 0 Å². The Bertz CT molecular complexity index is 924. The van der Waals surface area contributed by atoms with E-state index in [1.807, 2.05) is 6.92 Å². The van der Waals surface area contributed by atoms with Gasteiger partial charge in [0.15, 0.2) is 0 Å². The van der Waals surface area contributed by atoms with Crippen molar-refractivity contribution in [1.82, 2.24) is 9.55 Å². The second-order valence-electron chi connectivity index (χ2n) is 4.65. The van der Waals surface area contributed by atoms with Crippen molar-refractivity contribution in [2.75, 3.05) is 0 Å². The van der Waals surface area contributed by atoms with Crippen molar-refractivity contribution in [2.45, 2.75) is 6.92 Å². The molecule has 21 heavy (non-hydrogen) atoms. The number of aromatic nitrogens is 2. The second kappa shape index (κ2) is 4.79. The predicted octanol–water partition coefficient (Wildman–Crippen LogP) is 2.98. The molecule has 3 aromatic rings. The average molecular weight is 303 g/mol. The number of nitrogens with one attached hydrogen (secondary N) is 1. The fourth-order valence-electron chi connectivity index (χ4n) is 2.39. The van der Waals surface area contributed by atoms with Crippen molar-refractivity contribution in [3.8, 4) is 5.69 Å².